The molecule has 1 unspecified atom stereocenters. The standard InChI is InChI=1S/C17H27N3O3S/c1-4-20(5-2)15-8-6-14(7-9-15)18-12-17(21)19(3)16-10-11-24(22,23)13-16/h6-9,16,18H,4-5,10-13H2,1-3H3. The Hall–Kier alpha value is -1.76. The molecule has 6 nitrogen and oxygen atoms in total. The molecule has 1 aliphatic rings. The number of hydrogen-bond donors (Lipinski definition) is 1. The quantitative estimate of drug-likeness (QED) is 0.806. The molecule has 1 N–H and O–H groups in total. The van der Waals surface area contributed by atoms with Crippen molar-refractivity contribution in [2.24, 2.45) is 0 Å². The molecule has 0 spiro atoms. The van der Waals surface area contributed by atoms with Gasteiger partial charge in [0.2, 0.25) is 5.91 Å². The second kappa shape index (κ2) is 7.88. The predicted molar refractivity (Wildman–Crippen MR) is 98.3 cm³/mol. The molecule has 0 radical (unpaired) electrons. The number of nitrogens with one attached hydrogen (secondary N) is 1. The number of carbonyl (C=O) groups is 1. The third kappa shape index (κ3) is 4.63. The van der Waals surface area contributed by atoms with Gasteiger partial charge >= 0.3 is 0 Å². The Morgan fingerprint density at radius 2 is 1.83 bits per heavy atom. The van der Waals surface area contributed by atoms with Crippen LogP contribution in [0.15, 0.2) is 24.3 Å². The van der Waals surface area contributed by atoms with E-state index in [-0.39, 0.29) is 30.0 Å². The van der Waals surface area contributed by atoms with Crippen molar-refractivity contribution in [3.05, 3.63) is 24.3 Å². The van der Waals surface area contributed by atoms with Crippen LogP contribution in [0.25, 0.3) is 0 Å². The molecular weight excluding hydrogens is 326 g/mol. The summed E-state index contributed by atoms with van der Waals surface area (Å²) in [5, 5.41) is 3.11. The van der Waals surface area contributed by atoms with Gasteiger partial charge in [-0.1, -0.05) is 0 Å². The van der Waals surface area contributed by atoms with Gasteiger partial charge in [0.05, 0.1) is 18.1 Å². The average molecular weight is 353 g/mol. The number of amides is 1. The van der Waals surface area contributed by atoms with E-state index in [9.17, 15) is 13.2 Å². The minimum Gasteiger partial charge on any atom is -0.376 e. The molecule has 24 heavy (non-hydrogen) atoms. The van der Waals surface area contributed by atoms with Gasteiger partial charge in [0.1, 0.15) is 0 Å². The molecule has 1 aromatic rings. The number of nitrogens with zero attached hydrogens (tertiary/aromatic N) is 2. The topological polar surface area (TPSA) is 69.7 Å². The van der Waals surface area contributed by atoms with Gasteiger partial charge in [-0.05, 0) is 44.5 Å². The van der Waals surface area contributed by atoms with Gasteiger partial charge < -0.3 is 15.1 Å². The monoisotopic (exact) mass is 353 g/mol. The van der Waals surface area contributed by atoms with Gasteiger partial charge in [-0.25, -0.2) is 8.42 Å². The van der Waals surface area contributed by atoms with E-state index in [2.05, 4.69) is 24.1 Å². The highest BCUT2D eigenvalue weighted by atomic mass is 32.2. The normalized spacial score (nSPS) is 19.0. The lowest BCUT2D eigenvalue weighted by Gasteiger charge is -2.24. The van der Waals surface area contributed by atoms with E-state index in [4.69, 9.17) is 0 Å². The molecule has 0 aliphatic carbocycles. The van der Waals surface area contributed by atoms with Gasteiger partial charge in [-0.2, -0.15) is 0 Å². The van der Waals surface area contributed by atoms with Crippen molar-refractivity contribution < 1.29 is 13.2 Å². The van der Waals surface area contributed by atoms with E-state index in [1.807, 2.05) is 24.3 Å². The third-order valence-corrected chi connectivity index (χ3v) is 6.34. The van der Waals surface area contributed by atoms with E-state index < -0.39 is 9.84 Å². The number of anilines is 2. The van der Waals surface area contributed by atoms with Crippen LogP contribution < -0.4 is 10.2 Å². The highest BCUT2D eigenvalue weighted by molar-refractivity contribution is 7.91. The zero-order valence-corrected chi connectivity index (χ0v) is 15.5. The summed E-state index contributed by atoms with van der Waals surface area (Å²) in [5.74, 6) is 0.161. The number of sulfone groups is 1. The molecule has 1 atom stereocenters. The summed E-state index contributed by atoms with van der Waals surface area (Å²) in [6.07, 6.45) is 0.531. The maximum atomic E-state index is 12.2. The molecule has 0 saturated carbocycles. The van der Waals surface area contributed by atoms with Crippen LogP contribution in [-0.4, -0.2) is 63.5 Å². The number of rotatable bonds is 7. The van der Waals surface area contributed by atoms with Crippen molar-refractivity contribution in [1.82, 2.24) is 4.90 Å². The van der Waals surface area contributed by atoms with E-state index in [0.29, 0.717) is 6.42 Å². The van der Waals surface area contributed by atoms with Crippen LogP contribution in [0.5, 0.6) is 0 Å². The Bertz CT molecular complexity index is 654. The lowest BCUT2D eigenvalue weighted by Crippen LogP contribution is -2.40. The van der Waals surface area contributed by atoms with Gasteiger partial charge in [0.15, 0.2) is 9.84 Å². The highest BCUT2D eigenvalue weighted by Gasteiger charge is 2.32. The summed E-state index contributed by atoms with van der Waals surface area (Å²) in [5.41, 5.74) is 2.04. The minimum atomic E-state index is -2.98. The Balaban J connectivity index is 1.87. The molecule has 1 aromatic carbocycles. The molecular formula is C17H27N3O3S. The zero-order chi connectivity index (χ0) is 17.7. The van der Waals surface area contributed by atoms with Gasteiger partial charge in [-0.15, -0.1) is 0 Å². The number of carbonyl (C=O) groups excluding carboxylic acids is 1. The number of hydrogen-bond acceptors (Lipinski definition) is 5. The Morgan fingerprint density at radius 1 is 1.21 bits per heavy atom. The largest absolute Gasteiger partial charge is 0.376 e. The molecule has 1 fully saturated rings. The van der Waals surface area contributed by atoms with Crippen LogP contribution in [0.1, 0.15) is 20.3 Å². The molecule has 2 rings (SSSR count). The first-order valence-electron chi connectivity index (χ1n) is 8.41. The minimum absolute atomic E-state index is 0.0772. The summed E-state index contributed by atoms with van der Waals surface area (Å²) in [6.45, 7) is 6.31. The van der Waals surface area contributed by atoms with Crippen LogP contribution in [0.3, 0.4) is 0 Å². The fourth-order valence-corrected chi connectivity index (χ4v) is 4.74. The fourth-order valence-electron chi connectivity index (χ4n) is 2.97. The molecule has 0 bridgehead atoms. The fraction of sp³-hybridized carbons (Fsp3) is 0.588. The SMILES string of the molecule is CCN(CC)c1ccc(NCC(=O)N(C)C2CCS(=O)(=O)C2)cc1. The maximum Gasteiger partial charge on any atom is 0.241 e. The van der Waals surface area contributed by atoms with Crippen LogP contribution in [0.2, 0.25) is 0 Å². The molecule has 1 aliphatic heterocycles. The molecule has 1 amide bonds. The summed E-state index contributed by atoms with van der Waals surface area (Å²) >= 11 is 0. The summed E-state index contributed by atoms with van der Waals surface area (Å²) < 4.78 is 23.1. The lowest BCUT2D eigenvalue weighted by molar-refractivity contribution is -0.129. The van der Waals surface area contributed by atoms with Crippen LogP contribution in [0, 0.1) is 0 Å². The van der Waals surface area contributed by atoms with Crippen molar-refractivity contribution in [1.29, 1.82) is 0 Å². The van der Waals surface area contributed by atoms with Gasteiger partial charge in [0, 0.05) is 37.6 Å². The van der Waals surface area contributed by atoms with Crippen LogP contribution >= 0.6 is 0 Å². The zero-order valence-electron chi connectivity index (χ0n) is 14.7. The van der Waals surface area contributed by atoms with Crippen molar-refractivity contribution >= 4 is 27.1 Å². The summed E-state index contributed by atoms with van der Waals surface area (Å²) in [6, 6.07) is 7.79. The predicted octanol–water partition coefficient (Wildman–Crippen LogP) is 1.59. The van der Waals surface area contributed by atoms with Crippen molar-refractivity contribution in [2.75, 3.05) is 48.4 Å². The van der Waals surface area contributed by atoms with Crippen molar-refractivity contribution in [3.63, 3.8) is 0 Å². The van der Waals surface area contributed by atoms with Crippen molar-refractivity contribution in [2.45, 2.75) is 26.3 Å². The molecule has 7 heteroatoms. The van der Waals surface area contributed by atoms with Gasteiger partial charge in [0.25, 0.3) is 0 Å². The number of benzene rings is 1. The lowest BCUT2D eigenvalue weighted by atomic mass is 10.2. The molecule has 1 heterocycles. The van der Waals surface area contributed by atoms with Gasteiger partial charge in [-0.3, -0.25) is 4.79 Å². The Kier molecular flexibility index (Phi) is 6.10. The molecule has 1 saturated heterocycles. The maximum absolute atomic E-state index is 12.2. The second-order valence-electron chi connectivity index (χ2n) is 6.13. The second-order valence-corrected chi connectivity index (χ2v) is 8.36. The Morgan fingerprint density at radius 3 is 2.33 bits per heavy atom. The first-order valence-corrected chi connectivity index (χ1v) is 10.2. The Labute approximate surface area is 144 Å². The third-order valence-electron chi connectivity index (χ3n) is 4.59. The van der Waals surface area contributed by atoms with E-state index in [1.165, 1.54) is 0 Å². The van der Waals surface area contributed by atoms with Crippen molar-refractivity contribution in [3.8, 4) is 0 Å². The number of likely N-dealkylation sites (N-methyl/N-ethyl adjacent to an activating group) is 1. The molecule has 134 valence electrons. The molecule has 0 aromatic heterocycles. The summed E-state index contributed by atoms with van der Waals surface area (Å²) in [4.78, 5) is 16.1. The summed E-state index contributed by atoms with van der Waals surface area (Å²) in [7, 11) is -1.30. The first kappa shape index (κ1) is 18.6. The van der Waals surface area contributed by atoms with E-state index >= 15 is 0 Å². The first-order chi connectivity index (χ1) is 11.4. The average Bonchev–Trinajstić information content (AvgIpc) is 2.94. The van der Waals surface area contributed by atoms with E-state index in [0.717, 1.165) is 24.5 Å². The van der Waals surface area contributed by atoms with E-state index in [1.54, 1.807) is 11.9 Å². The van der Waals surface area contributed by atoms with Crippen LogP contribution in [-0.2, 0) is 14.6 Å². The van der Waals surface area contributed by atoms with Crippen LogP contribution in [0.4, 0.5) is 11.4 Å². The highest BCUT2D eigenvalue weighted by Crippen LogP contribution is 2.19. The smallest absolute Gasteiger partial charge is 0.241 e.